The molecule has 1 aromatic carbocycles. The first-order chi connectivity index (χ1) is 8.63. The van der Waals surface area contributed by atoms with E-state index in [0.29, 0.717) is 21.7 Å². The molecule has 1 saturated carbocycles. The molecule has 1 aliphatic carbocycles. The molecule has 1 fully saturated rings. The van der Waals surface area contributed by atoms with Gasteiger partial charge in [0, 0.05) is 25.3 Å². The van der Waals surface area contributed by atoms with Gasteiger partial charge in [0.2, 0.25) is 0 Å². The molecular formula is C13H18FIN2O. The van der Waals surface area contributed by atoms with Gasteiger partial charge in [0.05, 0.1) is 14.9 Å². The molecular weight excluding hydrogens is 346 g/mol. The Labute approximate surface area is 120 Å². The van der Waals surface area contributed by atoms with Crippen LogP contribution in [0.5, 0.6) is 0 Å². The molecule has 0 atom stereocenters. The third-order valence-corrected chi connectivity index (χ3v) is 4.28. The standard InChI is InChI=1S/C13H18FIN2O/c14-10-7-13(12(16)8-11(10)15)17(5-2-6-18)9-3-1-4-9/h7-9,18H,1-6,16H2. The third kappa shape index (κ3) is 2.88. The highest BCUT2D eigenvalue weighted by molar-refractivity contribution is 14.1. The van der Waals surface area contributed by atoms with Gasteiger partial charge in [-0.25, -0.2) is 4.39 Å². The monoisotopic (exact) mass is 364 g/mol. The molecule has 0 heterocycles. The summed E-state index contributed by atoms with van der Waals surface area (Å²) < 4.78 is 14.2. The molecule has 0 radical (unpaired) electrons. The van der Waals surface area contributed by atoms with Crippen molar-refractivity contribution in [3.8, 4) is 0 Å². The molecule has 1 aliphatic rings. The van der Waals surface area contributed by atoms with E-state index >= 15 is 0 Å². The molecule has 0 bridgehead atoms. The van der Waals surface area contributed by atoms with Crippen molar-refractivity contribution in [2.75, 3.05) is 23.8 Å². The Morgan fingerprint density at radius 2 is 2.17 bits per heavy atom. The summed E-state index contributed by atoms with van der Waals surface area (Å²) in [7, 11) is 0. The Morgan fingerprint density at radius 3 is 2.72 bits per heavy atom. The fourth-order valence-electron chi connectivity index (χ4n) is 2.24. The molecule has 0 spiro atoms. The highest BCUT2D eigenvalue weighted by Gasteiger charge is 2.26. The van der Waals surface area contributed by atoms with Crippen LogP contribution in [-0.2, 0) is 0 Å². The number of benzene rings is 1. The second-order valence-electron chi connectivity index (χ2n) is 4.68. The summed E-state index contributed by atoms with van der Waals surface area (Å²) >= 11 is 1.95. The maximum Gasteiger partial charge on any atom is 0.138 e. The number of aliphatic hydroxyl groups is 1. The number of nitrogens with zero attached hydrogens (tertiary/aromatic N) is 1. The quantitative estimate of drug-likeness (QED) is 0.624. The molecule has 0 amide bonds. The van der Waals surface area contributed by atoms with Crippen molar-refractivity contribution >= 4 is 34.0 Å². The van der Waals surface area contributed by atoms with Crippen LogP contribution in [0.4, 0.5) is 15.8 Å². The Balaban J connectivity index is 2.25. The molecule has 0 unspecified atom stereocenters. The zero-order valence-corrected chi connectivity index (χ0v) is 12.4. The van der Waals surface area contributed by atoms with E-state index in [9.17, 15) is 4.39 Å². The van der Waals surface area contributed by atoms with Gasteiger partial charge in [-0.15, -0.1) is 0 Å². The molecule has 100 valence electrons. The van der Waals surface area contributed by atoms with Gasteiger partial charge in [-0.1, -0.05) is 0 Å². The first kappa shape index (κ1) is 13.9. The number of nitrogen functional groups attached to an aromatic ring is 1. The lowest BCUT2D eigenvalue weighted by molar-refractivity contribution is 0.283. The fourth-order valence-corrected chi connectivity index (χ4v) is 2.73. The molecule has 5 heteroatoms. The normalized spacial score (nSPS) is 15.5. The number of hydrogen-bond donors (Lipinski definition) is 2. The second kappa shape index (κ2) is 6.06. The van der Waals surface area contributed by atoms with E-state index < -0.39 is 0 Å². The molecule has 1 aromatic rings. The molecule has 0 aliphatic heterocycles. The zero-order chi connectivity index (χ0) is 13.1. The topological polar surface area (TPSA) is 49.5 Å². The van der Waals surface area contributed by atoms with Crippen LogP contribution in [0.25, 0.3) is 0 Å². The minimum Gasteiger partial charge on any atom is -0.397 e. The van der Waals surface area contributed by atoms with E-state index in [0.717, 1.165) is 25.1 Å². The van der Waals surface area contributed by atoms with Gasteiger partial charge < -0.3 is 15.7 Å². The average Bonchev–Trinajstić information content (AvgIpc) is 2.27. The Hall–Kier alpha value is -0.560. The summed E-state index contributed by atoms with van der Waals surface area (Å²) in [6.45, 7) is 0.876. The summed E-state index contributed by atoms with van der Waals surface area (Å²) in [6, 6.07) is 3.64. The predicted octanol–water partition coefficient (Wildman–Crippen LogP) is 2.75. The van der Waals surface area contributed by atoms with Gasteiger partial charge in [-0.05, 0) is 54.3 Å². The molecule has 3 N–H and O–H groups in total. The summed E-state index contributed by atoms with van der Waals surface area (Å²) in [5.74, 6) is -0.229. The van der Waals surface area contributed by atoms with Crippen LogP contribution in [-0.4, -0.2) is 24.3 Å². The van der Waals surface area contributed by atoms with E-state index in [1.165, 1.54) is 12.5 Å². The summed E-state index contributed by atoms with van der Waals surface area (Å²) in [5.41, 5.74) is 7.39. The van der Waals surface area contributed by atoms with E-state index in [1.807, 2.05) is 22.6 Å². The van der Waals surface area contributed by atoms with Gasteiger partial charge in [0.15, 0.2) is 0 Å². The van der Waals surface area contributed by atoms with E-state index in [1.54, 1.807) is 6.07 Å². The molecule has 0 aromatic heterocycles. The molecule has 3 nitrogen and oxygen atoms in total. The Bertz CT molecular complexity index is 424. The number of halogens is 2. The SMILES string of the molecule is Nc1cc(I)c(F)cc1N(CCCO)C1CCC1. The van der Waals surface area contributed by atoms with Crippen molar-refractivity contribution in [3.05, 3.63) is 21.5 Å². The average molecular weight is 364 g/mol. The largest absolute Gasteiger partial charge is 0.397 e. The minimum atomic E-state index is -0.229. The van der Waals surface area contributed by atoms with Crippen LogP contribution < -0.4 is 10.6 Å². The summed E-state index contributed by atoms with van der Waals surface area (Å²) in [4.78, 5) is 2.15. The summed E-state index contributed by atoms with van der Waals surface area (Å²) in [6.07, 6.45) is 4.15. The number of hydrogen-bond acceptors (Lipinski definition) is 3. The van der Waals surface area contributed by atoms with Crippen LogP contribution in [0.1, 0.15) is 25.7 Å². The lowest BCUT2D eigenvalue weighted by Gasteiger charge is -2.40. The Morgan fingerprint density at radius 1 is 1.44 bits per heavy atom. The highest BCUT2D eigenvalue weighted by atomic mass is 127. The molecule has 2 rings (SSSR count). The number of aliphatic hydroxyl groups excluding tert-OH is 1. The fraction of sp³-hybridized carbons (Fsp3) is 0.538. The van der Waals surface area contributed by atoms with Crippen molar-refractivity contribution < 1.29 is 9.50 Å². The third-order valence-electron chi connectivity index (χ3n) is 3.45. The minimum absolute atomic E-state index is 0.149. The zero-order valence-electron chi connectivity index (χ0n) is 10.2. The molecule has 18 heavy (non-hydrogen) atoms. The lowest BCUT2D eigenvalue weighted by Crippen LogP contribution is -2.41. The maximum absolute atomic E-state index is 13.7. The van der Waals surface area contributed by atoms with Crippen molar-refractivity contribution in [2.24, 2.45) is 0 Å². The summed E-state index contributed by atoms with van der Waals surface area (Å²) in [5, 5.41) is 8.97. The van der Waals surface area contributed by atoms with Crippen LogP contribution in [0.15, 0.2) is 12.1 Å². The van der Waals surface area contributed by atoms with Crippen LogP contribution in [0.3, 0.4) is 0 Å². The van der Waals surface area contributed by atoms with Gasteiger partial charge in [0.1, 0.15) is 5.82 Å². The van der Waals surface area contributed by atoms with Crippen LogP contribution in [0.2, 0.25) is 0 Å². The first-order valence-electron chi connectivity index (χ1n) is 6.25. The van der Waals surface area contributed by atoms with Crippen molar-refractivity contribution in [2.45, 2.75) is 31.7 Å². The maximum atomic E-state index is 13.7. The first-order valence-corrected chi connectivity index (χ1v) is 7.33. The van der Waals surface area contributed by atoms with E-state index in [2.05, 4.69) is 4.90 Å². The molecule has 0 saturated heterocycles. The van der Waals surface area contributed by atoms with E-state index in [-0.39, 0.29) is 12.4 Å². The Kier molecular flexibility index (Phi) is 4.66. The van der Waals surface area contributed by atoms with Gasteiger partial charge in [-0.2, -0.15) is 0 Å². The van der Waals surface area contributed by atoms with Gasteiger partial charge in [-0.3, -0.25) is 0 Å². The van der Waals surface area contributed by atoms with E-state index in [4.69, 9.17) is 10.8 Å². The van der Waals surface area contributed by atoms with Crippen molar-refractivity contribution in [3.63, 3.8) is 0 Å². The smallest absolute Gasteiger partial charge is 0.138 e. The van der Waals surface area contributed by atoms with Crippen LogP contribution >= 0.6 is 22.6 Å². The van der Waals surface area contributed by atoms with Crippen LogP contribution in [0, 0.1) is 9.39 Å². The second-order valence-corrected chi connectivity index (χ2v) is 5.84. The lowest BCUT2D eigenvalue weighted by atomic mass is 9.90. The predicted molar refractivity (Wildman–Crippen MR) is 80.2 cm³/mol. The van der Waals surface area contributed by atoms with Crippen molar-refractivity contribution in [1.29, 1.82) is 0 Å². The number of nitrogens with two attached hydrogens (primary N) is 1. The van der Waals surface area contributed by atoms with Gasteiger partial charge in [0.25, 0.3) is 0 Å². The van der Waals surface area contributed by atoms with Crippen molar-refractivity contribution in [1.82, 2.24) is 0 Å². The number of anilines is 2. The highest BCUT2D eigenvalue weighted by Crippen LogP contribution is 2.34. The number of rotatable bonds is 5. The van der Waals surface area contributed by atoms with Gasteiger partial charge >= 0.3 is 0 Å².